The van der Waals surface area contributed by atoms with Crippen molar-refractivity contribution >= 4 is 43.4 Å². The minimum atomic E-state index is -4.98. The number of nitrogen functional groups attached to an aromatic ring is 1. The van der Waals surface area contributed by atoms with E-state index in [0.717, 1.165) is 61.6 Å². The molecular formula is C30H28F5N7OS. The van der Waals surface area contributed by atoms with Crippen LogP contribution in [0.2, 0.25) is 0 Å². The normalized spacial score (nSPS) is 21.6. The molecule has 3 aliphatic rings. The van der Waals surface area contributed by atoms with Gasteiger partial charge in [0.05, 0.1) is 27.3 Å². The Hall–Kier alpha value is -3.83. The second-order valence-electron chi connectivity index (χ2n) is 11.9. The highest BCUT2D eigenvalue weighted by Gasteiger charge is 2.40. The lowest BCUT2D eigenvalue weighted by atomic mass is 9.76. The van der Waals surface area contributed by atoms with E-state index in [9.17, 15) is 22.8 Å². The Kier molecular flexibility index (Phi) is 7.00. The van der Waals surface area contributed by atoms with Crippen molar-refractivity contribution in [1.82, 2.24) is 20.3 Å². The summed E-state index contributed by atoms with van der Waals surface area (Å²) in [5.41, 5.74) is 2.17. The number of nitrogens with one attached hydrogen (secondary N) is 1. The predicted octanol–water partition coefficient (Wildman–Crippen LogP) is 6.58. The smallest absolute Gasteiger partial charge is 0.417 e. The maximum Gasteiger partial charge on any atom is 0.417 e. The van der Waals surface area contributed by atoms with Gasteiger partial charge in [0.15, 0.2) is 10.9 Å². The molecule has 2 aliphatic heterocycles. The Morgan fingerprint density at radius 3 is 2.48 bits per heavy atom. The topological polar surface area (TPSA) is 113 Å². The number of nitrogens with two attached hydrogens (primary N) is 1. The average Bonchev–Trinajstić information content (AvgIpc) is 3.57. The molecule has 2 atom stereocenters. The van der Waals surface area contributed by atoms with E-state index >= 15 is 4.39 Å². The summed E-state index contributed by atoms with van der Waals surface area (Å²) < 4.78 is 81.4. The van der Waals surface area contributed by atoms with Gasteiger partial charge in [0.1, 0.15) is 23.8 Å². The van der Waals surface area contributed by atoms with Gasteiger partial charge in [-0.2, -0.15) is 28.4 Å². The number of piperazine rings is 1. The molecule has 3 N–H and O–H groups in total. The molecule has 2 aromatic heterocycles. The molecule has 44 heavy (non-hydrogen) atoms. The van der Waals surface area contributed by atoms with Crippen LogP contribution in [0, 0.1) is 28.4 Å². The van der Waals surface area contributed by atoms with E-state index < -0.39 is 34.4 Å². The van der Waals surface area contributed by atoms with Gasteiger partial charge in [0.25, 0.3) is 0 Å². The zero-order valence-electron chi connectivity index (χ0n) is 23.5. The van der Waals surface area contributed by atoms with Crippen LogP contribution in [0.5, 0.6) is 6.01 Å². The first-order valence-corrected chi connectivity index (χ1v) is 15.4. The van der Waals surface area contributed by atoms with Crippen molar-refractivity contribution in [2.45, 2.75) is 63.2 Å². The monoisotopic (exact) mass is 629 g/mol. The number of thiazole rings is 1. The van der Waals surface area contributed by atoms with E-state index in [1.54, 1.807) is 0 Å². The number of alkyl halides is 3. The SMILES string of the molecule is N#CC1(COc2nc(N3CC4CCC(C3)N4)c3cc(C(F)(F)F)c(-c4ccc(F)c5sc(N)nc45)c(F)c3n2)CCCCC1. The quantitative estimate of drug-likeness (QED) is 0.238. The van der Waals surface area contributed by atoms with Gasteiger partial charge in [0, 0.05) is 41.7 Å². The van der Waals surface area contributed by atoms with Crippen molar-refractivity contribution < 1.29 is 26.7 Å². The van der Waals surface area contributed by atoms with E-state index in [-0.39, 0.29) is 62.3 Å². The number of aromatic nitrogens is 3. The molecule has 14 heteroatoms. The highest BCUT2D eigenvalue weighted by Crippen LogP contribution is 2.46. The summed E-state index contributed by atoms with van der Waals surface area (Å²) >= 11 is 0.766. The fourth-order valence-corrected chi connectivity index (χ4v) is 7.63. The molecule has 1 aliphatic carbocycles. The molecule has 3 fully saturated rings. The second-order valence-corrected chi connectivity index (χ2v) is 13.0. The fourth-order valence-electron chi connectivity index (χ4n) is 6.87. The number of hydrogen-bond acceptors (Lipinski definition) is 9. The molecule has 0 radical (unpaired) electrons. The van der Waals surface area contributed by atoms with E-state index in [1.165, 1.54) is 0 Å². The molecule has 8 nitrogen and oxygen atoms in total. The Morgan fingerprint density at radius 2 is 1.80 bits per heavy atom. The molecular weight excluding hydrogens is 601 g/mol. The molecule has 7 rings (SSSR count). The molecule has 2 aromatic carbocycles. The minimum absolute atomic E-state index is 0.0208. The van der Waals surface area contributed by atoms with Crippen LogP contribution in [0.25, 0.3) is 32.2 Å². The zero-order chi connectivity index (χ0) is 30.8. The van der Waals surface area contributed by atoms with Crippen LogP contribution in [0.4, 0.5) is 32.9 Å². The lowest BCUT2D eigenvalue weighted by Crippen LogP contribution is -2.51. The maximum atomic E-state index is 16.7. The van der Waals surface area contributed by atoms with Gasteiger partial charge in [-0.25, -0.2) is 13.8 Å². The van der Waals surface area contributed by atoms with E-state index in [1.807, 2.05) is 4.90 Å². The van der Waals surface area contributed by atoms with E-state index in [2.05, 4.69) is 26.3 Å². The minimum Gasteiger partial charge on any atom is -0.462 e. The van der Waals surface area contributed by atoms with E-state index in [4.69, 9.17) is 10.5 Å². The third-order valence-electron chi connectivity index (χ3n) is 9.02. The van der Waals surface area contributed by atoms with Crippen LogP contribution in [-0.4, -0.2) is 46.7 Å². The number of nitriles is 1. The number of fused-ring (bicyclic) bond motifs is 4. The number of anilines is 2. The number of benzene rings is 2. The molecule has 4 heterocycles. The van der Waals surface area contributed by atoms with Gasteiger partial charge >= 0.3 is 12.2 Å². The first-order chi connectivity index (χ1) is 21.0. The van der Waals surface area contributed by atoms with Crippen LogP contribution in [0.1, 0.15) is 50.5 Å². The highest BCUT2D eigenvalue weighted by atomic mass is 32.1. The summed E-state index contributed by atoms with van der Waals surface area (Å²) in [5.74, 6) is -1.85. The molecule has 0 spiro atoms. The Morgan fingerprint density at radius 1 is 1.07 bits per heavy atom. The lowest BCUT2D eigenvalue weighted by Gasteiger charge is -2.34. The van der Waals surface area contributed by atoms with Gasteiger partial charge in [-0.3, -0.25) is 0 Å². The summed E-state index contributed by atoms with van der Waals surface area (Å²) in [4.78, 5) is 14.7. The summed E-state index contributed by atoms with van der Waals surface area (Å²) in [5, 5.41) is 13.2. The zero-order valence-corrected chi connectivity index (χ0v) is 24.3. The largest absolute Gasteiger partial charge is 0.462 e. The van der Waals surface area contributed by atoms with E-state index in [0.29, 0.717) is 25.9 Å². The van der Waals surface area contributed by atoms with Crippen LogP contribution >= 0.6 is 11.3 Å². The second kappa shape index (κ2) is 10.7. The predicted molar refractivity (Wildman–Crippen MR) is 156 cm³/mol. The first kappa shape index (κ1) is 28.9. The van der Waals surface area contributed by atoms with Crippen molar-refractivity contribution in [3.63, 3.8) is 0 Å². The van der Waals surface area contributed by atoms with Crippen molar-refractivity contribution in [3.8, 4) is 23.2 Å². The molecule has 0 amide bonds. The van der Waals surface area contributed by atoms with Crippen molar-refractivity contribution in [3.05, 3.63) is 35.4 Å². The van der Waals surface area contributed by atoms with Crippen LogP contribution in [0.3, 0.4) is 0 Å². The Bertz CT molecular complexity index is 1800. The highest BCUT2D eigenvalue weighted by molar-refractivity contribution is 7.22. The van der Waals surface area contributed by atoms with Gasteiger partial charge in [-0.1, -0.05) is 30.6 Å². The van der Waals surface area contributed by atoms with Crippen molar-refractivity contribution in [2.24, 2.45) is 5.41 Å². The van der Waals surface area contributed by atoms with Gasteiger partial charge < -0.3 is 20.7 Å². The van der Waals surface area contributed by atoms with Gasteiger partial charge in [-0.05, 0) is 43.9 Å². The fraction of sp³-hybridized carbons (Fsp3) is 0.467. The van der Waals surface area contributed by atoms with Crippen LogP contribution in [0.15, 0.2) is 18.2 Å². The molecule has 2 unspecified atom stereocenters. The molecule has 2 bridgehead atoms. The molecule has 2 saturated heterocycles. The van der Waals surface area contributed by atoms with Gasteiger partial charge in [-0.15, -0.1) is 0 Å². The number of nitrogens with zero attached hydrogens (tertiary/aromatic N) is 5. The lowest BCUT2D eigenvalue weighted by molar-refractivity contribution is -0.137. The number of halogens is 5. The average molecular weight is 630 g/mol. The van der Waals surface area contributed by atoms with Crippen molar-refractivity contribution in [2.75, 3.05) is 30.3 Å². The number of rotatable bonds is 5. The van der Waals surface area contributed by atoms with Crippen LogP contribution < -0.4 is 20.7 Å². The maximum absolute atomic E-state index is 16.7. The summed E-state index contributed by atoms with van der Waals surface area (Å²) in [6.45, 7) is 0.907. The third-order valence-corrected chi connectivity index (χ3v) is 9.91. The summed E-state index contributed by atoms with van der Waals surface area (Å²) in [6, 6.07) is 5.28. The third kappa shape index (κ3) is 4.95. The molecule has 230 valence electrons. The first-order valence-electron chi connectivity index (χ1n) is 14.6. The Balaban J connectivity index is 1.44. The summed E-state index contributed by atoms with van der Waals surface area (Å²) in [7, 11) is 0. The molecule has 1 saturated carbocycles. The van der Waals surface area contributed by atoms with Crippen LogP contribution in [-0.2, 0) is 6.18 Å². The van der Waals surface area contributed by atoms with Gasteiger partial charge in [0.2, 0.25) is 0 Å². The number of ether oxygens (including phenoxy) is 1. The molecule has 4 aromatic rings. The summed E-state index contributed by atoms with van der Waals surface area (Å²) in [6.07, 6.45) is 0.852. The van der Waals surface area contributed by atoms with Crippen molar-refractivity contribution in [1.29, 1.82) is 5.26 Å². The standard InChI is InChI=1S/C30H28F5N7OS/c31-20-7-6-17(24-25(20)44-27(37)39-24)21-19(30(33,34)35)10-18-23(22(21)32)40-28(43-14-29(13-36)8-2-1-3-9-29)41-26(18)42-11-15-4-5-16(12-42)38-15/h6-7,10,15-16,38H,1-5,8-9,11-12,14H2,(H2,37,39). The number of hydrogen-bond donors (Lipinski definition) is 2. The Labute approximate surface area is 253 Å².